The van der Waals surface area contributed by atoms with Crippen molar-refractivity contribution in [3.63, 3.8) is 0 Å². The predicted octanol–water partition coefficient (Wildman–Crippen LogP) is 1.92. The van der Waals surface area contributed by atoms with Crippen LogP contribution >= 0.6 is 11.6 Å². The summed E-state index contributed by atoms with van der Waals surface area (Å²) in [5.74, 6) is 5.28. The number of nitrogens with zero attached hydrogens (tertiary/aromatic N) is 1. The van der Waals surface area contributed by atoms with Gasteiger partial charge in [0.15, 0.2) is 6.10 Å². The molecule has 0 spiro atoms. The van der Waals surface area contributed by atoms with E-state index in [1.54, 1.807) is 6.92 Å². The number of aromatic nitrogens is 1. The molecule has 0 aliphatic heterocycles. The summed E-state index contributed by atoms with van der Waals surface area (Å²) < 4.78 is 5.17. The molecule has 0 saturated carbocycles. The van der Waals surface area contributed by atoms with Crippen LogP contribution in [0.4, 0.5) is 0 Å². The lowest BCUT2D eigenvalue weighted by atomic mass is 10.3. The first-order valence-electron chi connectivity index (χ1n) is 6.77. The Balaban J connectivity index is 2.60. The molecule has 0 saturated heterocycles. The summed E-state index contributed by atoms with van der Waals surface area (Å²) in [6, 6.07) is 1.28. The molecule has 0 unspecified atom stereocenters. The highest BCUT2D eigenvalue weighted by Crippen LogP contribution is 2.06. The van der Waals surface area contributed by atoms with Gasteiger partial charge in [0.05, 0.1) is 12.1 Å². The van der Waals surface area contributed by atoms with Gasteiger partial charge in [-0.1, -0.05) is 37.3 Å². The molecular weight excluding hydrogens is 292 g/mol. The van der Waals surface area contributed by atoms with Crippen molar-refractivity contribution < 1.29 is 9.53 Å². The molecule has 21 heavy (non-hydrogen) atoms. The van der Waals surface area contributed by atoms with Gasteiger partial charge in [0, 0.05) is 6.20 Å². The van der Waals surface area contributed by atoms with Gasteiger partial charge in [0.1, 0.15) is 5.02 Å². The van der Waals surface area contributed by atoms with Crippen LogP contribution in [0.25, 0.3) is 0 Å². The van der Waals surface area contributed by atoms with Crippen LogP contribution in [-0.2, 0) is 4.74 Å². The molecular formula is C15H19ClN2O3. The second-order valence-corrected chi connectivity index (χ2v) is 4.80. The van der Waals surface area contributed by atoms with E-state index in [-0.39, 0.29) is 10.6 Å². The monoisotopic (exact) mass is 310 g/mol. The zero-order valence-corrected chi connectivity index (χ0v) is 13.2. The SMILES string of the molecule is CCN(CC)CC#C[C@H](C)OC(=O)c1c[nH]c(=O)c(Cl)c1. The number of nitrogens with one attached hydrogen (secondary N) is 1. The average molecular weight is 311 g/mol. The zero-order valence-electron chi connectivity index (χ0n) is 12.4. The second-order valence-electron chi connectivity index (χ2n) is 4.40. The second kappa shape index (κ2) is 8.50. The highest BCUT2D eigenvalue weighted by atomic mass is 35.5. The lowest BCUT2D eigenvalue weighted by molar-refractivity contribution is 0.0438. The maximum Gasteiger partial charge on any atom is 0.340 e. The van der Waals surface area contributed by atoms with Crippen molar-refractivity contribution in [3.8, 4) is 11.8 Å². The van der Waals surface area contributed by atoms with Crippen LogP contribution in [0.1, 0.15) is 31.1 Å². The minimum absolute atomic E-state index is 0.0512. The summed E-state index contributed by atoms with van der Waals surface area (Å²) in [5.41, 5.74) is -0.253. The number of esters is 1. The molecule has 1 aromatic heterocycles. The van der Waals surface area contributed by atoms with E-state index in [1.807, 2.05) is 0 Å². The van der Waals surface area contributed by atoms with Crippen molar-refractivity contribution in [2.24, 2.45) is 0 Å². The minimum Gasteiger partial charge on any atom is -0.446 e. The summed E-state index contributed by atoms with van der Waals surface area (Å²) in [5, 5.41) is -0.0512. The summed E-state index contributed by atoms with van der Waals surface area (Å²) >= 11 is 5.66. The number of carbonyl (C=O) groups is 1. The third-order valence-electron chi connectivity index (χ3n) is 2.88. The van der Waals surface area contributed by atoms with Crippen LogP contribution in [0.3, 0.4) is 0 Å². The van der Waals surface area contributed by atoms with Gasteiger partial charge in [0.25, 0.3) is 5.56 Å². The van der Waals surface area contributed by atoms with Gasteiger partial charge in [-0.2, -0.15) is 0 Å². The minimum atomic E-state index is -0.571. The highest BCUT2D eigenvalue weighted by Gasteiger charge is 2.12. The van der Waals surface area contributed by atoms with E-state index < -0.39 is 17.6 Å². The largest absolute Gasteiger partial charge is 0.446 e. The first-order chi connectivity index (χ1) is 9.97. The Bertz CT molecular complexity index is 597. The van der Waals surface area contributed by atoms with Gasteiger partial charge in [-0.3, -0.25) is 9.69 Å². The number of carbonyl (C=O) groups excluding carboxylic acids is 1. The molecule has 0 aromatic carbocycles. The lowest BCUT2D eigenvalue weighted by Gasteiger charge is -2.13. The Morgan fingerprint density at radius 3 is 2.71 bits per heavy atom. The van der Waals surface area contributed by atoms with Gasteiger partial charge in [-0.05, 0) is 26.1 Å². The van der Waals surface area contributed by atoms with Crippen molar-refractivity contribution in [2.45, 2.75) is 26.9 Å². The number of rotatable bonds is 5. The van der Waals surface area contributed by atoms with Crippen LogP contribution in [0.15, 0.2) is 17.1 Å². The van der Waals surface area contributed by atoms with E-state index in [0.717, 1.165) is 13.1 Å². The van der Waals surface area contributed by atoms with Crippen LogP contribution in [0, 0.1) is 11.8 Å². The van der Waals surface area contributed by atoms with Crippen molar-refractivity contribution in [1.82, 2.24) is 9.88 Å². The van der Waals surface area contributed by atoms with E-state index in [1.165, 1.54) is 12.3 Å². The first kappa shape index (κ1) is 17.3. The molecule has 0 aliphatic carbocycles. The Kier molecular flexibility index (Phi) is 7.00. The quantitative estimate of drug-likeness (QED) is 0.666. The summed E-state index contributed by atoms with van der Waals surface area (Å²) in [6.07, 6.45) is 0.742. The number of aromatic amines is 1. The molecule has 0 aliphatic rings. The fourth-order valence-corrected chi connectivity index (χ4v) is 1.75. The molecule has 1 heterocycles. The van der Waals surface area contributed by atoms with E-state index in [9.17, 15) is 9.59 Å². The van der Waals surface area contributed by atoms with Crippen molar-refractivity contribution >= 4 is 17.6 Å². The Morgan fingerprint density at radius 1 is 1.48 bits per heavy atom. The number of ether oxygens (including phenoxy) is 1. The van der Waals surface area contributed by atoms with Gasteiger partial charge in [-0.25, -0.2) is 4.79 Å². The van der Waals surface area contributed by atoms with Gasteiger partial charge < -0.3 is 9.72 Å². The standard InChI is InChI=1S/C15H19ClN2O3/c1-4-18(5-2)8-6-7-11(3)21-15(20)12-9-13(16)14(19)17-10-12/h9-11H,4-5,8H2,1-3H3,(H,17,19)/t11-/m0/s1. The number of pyridine rings is 1. The fourth-order valence-electron chi connectivity index (χ4n) is 1.58. The summed E-state index contributed by atoms with van der Waals surface area (Å²) in [6.45, 7) is 8.31. The van der Waals surface area contributed by atoms with Gasteiger partial charge in [-0.15, -0.1) is 0 Å². The van der Waals surface area contributed by atoms with E-state index in [0.29, 0.717) is 6.54 Å². The normalized spacial score (nSPS) is 11.7. The smallest absolute Gasteiger partial charge is 0.340 e. The van der Waals surface area contributed by atoms with E-state index in [4.69, 9.17) is 16.3 Å². The average Bonchev–Trinajstić information content (AvgIpc) is 2.46. The maximum atomic E-state index is 11.8. The lowest BCUT2D eigenvalue weighted by Crippen LogP contribution is -2.23. The highest BCUT2D eigenvalue weighted by molar-refractivity contribution is 6.30. The van der Waals surface area contributed by atoms with Gasteiger partial charge in [0.2, 0.25) is 0 Å². The zero-order chi connectivity index (χ0) is 15.8. The third kappa shape index (κ3) is 5.62. The number of H-pyrrole nitrogens is 1. The molecule has 114 valence electrons. The van der Waals surface area contributed by atoms with Crippen LogP contribution < -0.4 is 5.56 Å². The Labute approximate surface area is 129 Å². The van der Waals surface area contributed by atoms with Crippen molar-refractivity contribution in [2.75, 3.05) is 19.6 Å². The molecule has 1 N–H and O–H groups in total. The third-order valence-corrected chi connectivity index (χ3v) is 3.16. The molecule has 1 aromatic rings. The molecule has 6 heteroatoms. The first-order valence-corrected chi connectivity index (χ1v) is 7.15. The Hall–Kier alpha value is -1.77. The molecule has 0 fully saturated rings. The molecule has 0 amide bonds. The molecule has 1 rings (SSSR count). The topological polar surface area (TPSA) is 62.4 Å². The fraction of sp³-hybridized carbons (Fsp3) is 0.467. The van der Waals surface area contributed by atoms with Gasteiger partial charge >= 0.3 is 5.97 Å². The maximum absolute atomic E-state index is 11.8. The van der Waals surface area contributed by atoms with Crippen LogP contribution in [-0.4, -0.2) is 41.6 Å². The van der Waals surface area contributed by atoms with Crippen molar-refractivity contribution in [3.05, 3.63) is 33.2 Å². The van der Waals surface area contributed by atoms with Crippen LogP contribution in [0.5, 0.6) is 0 Å². The predicted molar refractivity (Wildman–Crippen MR) is 82.5 cm³/mol. The molecule has 1 atom stereocenters. The van der Waals surface area contributed by atoms with Crippen LogP contribution in [0.2, 0.25) is 5.02 Å². The van der Waals surface area contributed by atoms with Crippen molar-refractivity contribution in [1.29, 1.82) is 0 Å². The summed E-state index contributed by atoms with van der Waals surface area (Å²) in [4.78, 5) is 27.5. The molecule has 0 radical (unpaired) electrons. The molecule has 5 nitrogen and oxygen atoms in total. The number of hydrogen-bond acceptors (Lipinski definition) is 4. The number of halogens is 1. The van der Waals surface area contributed by atoms with E-state index in [2.05, 4.69) is 35.6 Å². The Morgan fingerprint density at radius 2 is 2.14 bits per heavy atom. The number of hydrogen-bond donors (Lipinski definition) is 1. The summed E-state index contributed by atoms with van der Waals surface area (Å²) in [7, 11) is 0. The molecule has 0 bridgehead atoms. The van der Waals surface area contributed by atoms with E-state index >= 15 is 0 Å².